The number of nitrogens with one attached hydrogen (secondary N) is 2. The van der Waals surface area contributed by atoms with Crippen LogP contribution in [0.5, 0.6) is 0 Å². The van der Waals surface area contributed by atoms with Gasteiger partial charge in [-0.25, -0.2) is 4.79 Å². The van der Waals surface area contributed by atoms with Crippen LogP contribution in [0.2, 0.25) is 0 Å². The van der Waals surface area contributed by atoms with Gasteiger partial charge < -0.3 is 19.8 Å². The fraction of sp³-hybridized carbons (Fsp3) is 0.421. The van der Waals surface area contributed by atoms with Crippen molar-refractivity contribution >= 4 is 11.7 Å². The second kappa shape index (κ2) is 7.72. The highest BCUT2D eigenvalue weighted by Gasteiger charge is 2.34. The van der Waals surface area contributed by atoms with E-state index in [1.165, 1.54) is 0 Å². The van der Waals surface area contributed by atoms with E-state index in [0.29, 0.717) is 6.04 Å². The van der Waals surface area contributed by atoms with Crippen LogP contribution in [-0.4, -0.2) is 49.3 Å². The van der Waals surface area contributed by atoms with Crippen molar-refractivity contribution in [2.24, 2.45) is 0 Å². The van der Waals surface area contributed by atoms with Crippen LogP contribution in [0.1, 0.15) is 13.8 Å². The summed E-state index contributed by atoms with van der Waals surface area (Å²) in [6, 6.07) is 11.5. The number of furan rings is 1. The molecule has 1 aromatic heterocycles. The van der Waals surface area contributed by atoms with Gasteiger partial charge in [-0.1, -0.05) is 0 Å². The monoisotopic (exact) mass is 343 g/mol. The fourth-order valence-corrected chi connectivity index (χ4v) is 3.10. The first-order valence-corrected chi connectivity index (χ1v) is 8.55. The molecule has 1 aromatic carbocycles. The number of carbonyl (C=O) groups is 1. The van der Waals surface area contributed by atoms with Gasteiger partial charge in [-0.15, -0.1) is 0 Å². The second-order valence-corrected chi connectivity index (χ2v) is 6.58. The van der Waals surface area contributed by atoms with Crippen LogP contribution >= 0.6 is 0 Å². The average Bonchev–Trinajstić information content (AvgIpc) is 3.25. The molecule has 134 valence electrons. The van der Waals surface area contributed by atoms with Gasteiger partial charge in [0.15, 0.2) is 0 Å². The molecule has 0 spiro atoms. The van der Waals surface area contributed by atoms with E-state index < -0.39 is 0 Å². The minimum atomic E-state index is -0.219. The third kappa shape index (κ3) is 4.21. The Hall–Kier alpha value is -2.31. The minimum absolute atomic E-state index is 0.00878. The van der Waals surface area contributed by atoms with Crippen molar-refractivity contribution < 1.29 is 13.9 Å². The Balaban J connectivity index is 1.57. The molecule has 6 nitrogen and oxygen atoms in total. The molecule has 2 amide bonds. The maximum absolute atomic E-state index is 12.3. The lowest BCUT2D eigenvalue weighted by molar-refractivity contribution is 0.0896. The number of nitrogens with zero attached hydrogens (tertiary/aromatic N) is 1. The molecule has 3 rings (SSSR count). The maximum Gasteiger partial charge on any atom is 0.319 e. The lowest BCUT2D eigenvalue weighted by Crippen LogP contribution is -2.45. The van der Waals surface area contributed by atoms with E-state index in [0.717, 1.165) is 30.1 Å². The molecule has 0 saturated carbocycles. The Bertz CT molecular complexity index is 682. The van der Waals surface area contributed by atoms with Crippen molar-refractivity contribution in [1.82, 2.24) is 10.2 Å². The first-order chi connectivity index (χ1) is 12.1. The van der Waals surface area contributed by atoms with Crippen LogP contribution < -0.4 is 10.6 Å². The molecule has 6 heteroatoms. The minimum Gasteiger partial charge on any atom is -0.464 e. The average molecular weight is 343 g/mol. The largest absolute Gasteiger partial charge is 0.464 e. The van der Waals surface area contributed by atoms with E-state index in [-0.39, 0.29) is 18.2 Å². The summed E-state index contributed by atoms with van der Waals surface area (Å²) in [5, 5.41) is 5.90. The molecule has 0 aliphatic carbocycles. The zero-order valence-corrected chi connectivity index (χ0v) is 14.9. The molecule has 2 N–H and O–H groups in total. The van der Waals surface area contributed by atoms with E-state index in [2.05, 4.69) is 29.4 Å². The van der Waals surface area contributed by atoms with Gasteiger partial charge in [-0.2, -0.15) is 0 Å². The van der Waals surface area contributed by atoms with E-state index in [1.54, 1.807) is 13.4 Å². The smallest absolute Gasteiger partial charge is 0.319 e. The number of hydrogen-bond donors (Lipinski definition) is 2. The van der Waals surface area contributed by atoms with Crippen molar-refractivity contribution in [2.75, 3.05) is 25.5 Å². The van der Waals surface area contributed by atoms with Crippen LogP contribution in [-0.2, 0) is 4.74 Å². The van der Waals surface area contributed by atoms with E-state index in [1.807, 2.05) is 36.4 Å². The highest BCUT2D eigenvalue weighted by atomic mass is 16.5. The number of amides is 2. The molecule has 0 bridgehead atoms. The van der Waals surface area contributed by atoms with Gasteiger partial charge in [-0.3, -0.25) is 4.90 Å². The van der Waals surface area contributed by atoms with Crippen molar-refractivity contribution in [1.29, 1.82) is 0 Å². The summed E-state index contributed by atoms with van der Waals surface area (Å²) in [5.41, 5.74) is 1.71. The highest BCUT2D eigenvalue weighted by molar-refractivity contribution is 5.89. The Morgan fingerprint density at radius 1 is 1.24 bits per heavy atom. The van der Waals surface area contributed by atoms with Crippen molar-refractivity contribution in [3.05, 3.63) is 42.7 Å². The molecule has 0 unspecified atom stereocenters. The summed E-state index contributed by atoms with van der Waals surface area (Å²) in [5.74, 6) is 0.804. The lowest BCUT2D eigenvalue weighted by Gasteiger charge is -2.20. The van der Waals surface area contributed by atoms with Crippen molar-refractivity contribution in [3.63, 3.8) is 0 Å². The normalized spacial score (nSPS) is 20.8. The Labute approximate surface area is 148 Å². The number of likely N-dealkylation sites (tertiary alicyclic amines) is 1. The van der Waals surface area contributed by atoms with E-state index >= 15 is 0 Å². The Morgan fingerprint density at radius 2 is 2.00 bits per heavy atom. The first-order valence-electron chi connectivity index (χ1n) is 8.55. The number of benzene rings is 1. The molecule has 0 radical (unpaired) electrons. The third-order valence-corrected chi connectivity index (χ3v) is 4.59. The van der Waals surface area contributed by atoms with Crippen LogP contribution in [0, 0.1) is 0 Å². The third-order valence-electron chi connectivity index (χ3n) is 4.59. The molecular formula is C19H25N3O3. The molecule has 1 aliphatic rings. The molecular weight excluding hydrogens is 318 g/mol. The molecule has 2 atom stereocenters. The molecule has 2 heterocycles. The van der Waals surface area contributed by atoms with Gasteiger partial charge in [0.05, 0.1) is 18.4 Å². The number of urea groups is 1. The van der Waals surface area contributed by atoms with Crippen molar-refractivity contribution in [2.45, 2.75) is 32.0 Å². The topological polar surface area (TPSA) is 66.7 Å². The SMILES string of the molecule is CO[C@H]1CN(C(C)C)C[C@@H]1NC(=O)Nc1ccc(-c2ccco2)cc1. The lowest BCUT2D eigenvalue weighted by atomic mass is 10.1. The number of rotatable bonds is 5. The van der Waals surface area contributed by atoms with Gasteiger partial charge in [0.25, 0.3) is 0 Å². The molecule has 25 heavy (non-hydrogen) atoms. The molecule has 1 aliphatic heterocycles. The summed E-state index contributed by atoms with van der Waals surface area (Å²) in [6.07, 6.45) is 1.65. The van der Waals surface area contributed by atoms with Gasteiger partial charge in [0.1, 0.15) is 5.76 Å². The number of hydrogen-bond acceptors (Lipinski definition) is 4. The summed E-state index contributed by atoms with van der Waals surface area (Å²) >= 11 is 0. The van der Waals surface area contributed by atoms with E-state index in [9.17, 15) is 4.79 Å². The van der Waals surface area contributed by atoms with Crippen LogP contribution in [0.4, 0.5) is 10.5 Å². The van der Waals surface area contributed by atoms with Crippen molar-refractivity contribution in [3.8, 4) is 11.3 Å². The molecule has 1 saturated heterocycles. The Morgan fingerprint density at radius 3 is 2.60 bits per heavy atom. The standard InChI is InChI=1S/C19H25N3O3/c1-13(2)22-11-16(18(12-22)24-3)21-19(23)20-15-8-6-14(7-9-15)17-5-4-10-25-17/h4-10,13,16,18H,11-12H2,1-3H3,(H2,20,21,23)/t16-,18-/m0/s1. The van der Waals surface area contributed by atoms with Crippen LogP contribution in [0.15, 0.2) is 47.1 Å². The predicted molar refractivity (Wildman–Crippen MR) is 97.6 cm³/mol. The van der Waals surface area contributed by atoms with Gasteiger partial charge in [0, 0.05) is 37.5 Å². The maximum atomic E-state index is 12.3. The number of carbonyl (C=O) groups excluding carboxylic acids is 1. The zero-order chi connectivity index (χ0) is 17.8. The van der Waals surface area contributed by atoms with E-state index in [4.69, 9.17) is 9.15 Å². The summed E-state index contributed by atoms with van der Waals surface area (Å²) in [6.45, 7) is 5.92. The van der Waals surface area contributed by atoms with Gasteiger partial charge in [0.2, 0.25) is 0 Å². The van der Waals surface area contributed by atoms with Gasteiger partial charge >= 0.3 is 6.03 Å². The summed E-state index contributed by atoms with van der Waals surface area (Å²) in [7, 11) is 1.69. The quantitative estimate of drug-likeness (QED) is 0.875. The number of methoxy groups -OCH3 is 1. The Kier molecular flexibility index (Phi) is 5.40. The summed E-state index contributed by atoms with van der Waals surface area (Å²) < 4.78 is 10.9. The predicted octanol–water partition coefficient (Wildman–Crippen LogP) is 3.18. The van der Waals surface area contributed by atoms with Crippen LogP contribution in [0.3, 0.4) is 0 Å². The number of anilines is 1. The molecule has 2 aromatic rings. The highest BCUT2D eigenvalue weighted by Crippen LogP contribution is 2.22. The fourth-order valence-electron chi connectivity index (χ4n) is 3.10. The zero-order valence-electron chi connectivity index (χ0n) is 14.9. The van der Waals surface area contributed by atoms with Crippen LogP contribution in [0.25, 0.3) is 11.3 Å². The summed E-state index contributed by atoms with van der Waals surface area (Å²) in [4.78, 5) is 14.6. The molecule has 1 fully saturated rings. The van der Waals surface area contributed by atoms with Gasteiger partial charge in [-0.05, 0) is 50.2 Å². The first kappa shape index (κ1) is 17.5. The second-order valence-electron chi connectivity index (χ2n) is 6.58. The number of ether oxygens (including phenoxy) is 1.